The maximum Gasteiger partial charge on any atom is 0.303 e. The lowest BCUT2D eigenvalue weighted by Crippen LogP contribution is -2.38. The summed E-state index contributed by atoms with van der Waals surface area (Å²) in [6.07, 6.45) is 32.0. The monoisotopic (exact) mass is 1910 g/mol. The summed E-state index contributed by atoms with van der Waals surface area (Å²) in [5.74, 6) is -0.569. The fourth-order valence-corrected chi connectivity index (χ4v) is 17.6. The summed E-state index contributed by atoms with van der Waals surface area (Å²) in [6, 6.07) is 65.1. The Balaban J connectivity index is 0.000000163. The highest BCUT2D eigenvalue weighted by atomic mass is 16.5. The van der Waals surface area contributed by atoms with Crippen LogP contribution >= 0.6 is 0 Å². The number of aromatic nitrogens is 2. The van der Waals surface area contributed by atoms with Crippen molar-refractivity contribution in [2.75, 3.05) is 26.4 Å². The lowest BCUT2D eigenvalue weighted by Gasteiger charge is -2.30. The molecule has 4 aliphatic rings. The van der Waals surface area contributed by atoms with E-state index in [2.05, 4.69) is 10.2 Å². The van der Waals surface area contributed by atoms with Crippen molar-refractivity contribution in [2.24, 2.45) is 0 Å². The van der Waals surface area contributed by atoms with Gasteiger partial charge < -0.3 is 72.2 Å². The SMILES string of the molecule is [2H]C([2H])(c1ccccc1OCCCCCC(=O)O)N(C(=O)c1ccc(-c2ccco2)cc1)C1CCCC1.[2H]C([2H])(c1ccccc1OCCCCCC(=O)O)N(C(=O)c1ccc(-c2ccoc2)cc1)C1CCCC1.[2H]C1(N(Cc2ccccc2OCCCCCC(=O)O)C(=O)c2ccc(-c3ccco3)cc2)CCCC1.[2H]C1(N(Cc2ccccc2OCCCCCC(=O)O)C(=O)c2ccc(-c3cn[nH]c3)cc2)CCCC1. The van der Waals surface area contributed by atoms with Gasteiger partial charge in [-0.1, -0.05) is 173 Å². The van der Waals surface area contributed by atoms with Crippen LogP contribution < -0.4 is 18.9 Å². The molecule has 0 radical (unpaired) electrons. The first-order valence-corrected chi connectivity index (χ1v) is 49.2. The maximum absolute atomic E-state index is 13.8. The topological polar surface area (TPSA) is 335 Å². The molecule has 0 bridgehead atoms. The Morgan fingerprint density at radius 2 is 0.636 bits per heavy atom. The molecule has 12 aromatic rings. The quantitative estimate of drug-likeness (QED) is 0.0221. The zero-order chi connectivity index (χ0) is 103. The fourth-order valence-electron chi connectivity index (χ4n) is 17.6. The second kappa shape index (κ2) is 55.4. The number of unbranched alkanes of at least 4 members (excludes halogenated alkanes) is 8. The molecular weight excluding hydrogens is 1770 g/mol. The van der Waals surface area contributed by atoms with Crippen LogP contribution in [0.25, 0.3) is 44.9 Å². The fraction of sp³-hybridized carbons (Fsp3) is 0.383. The highest BCUT2D eigenvalue weighted by Gasteiger charge is 2.34. The smallest absolute Gasteiger partial charge is 0.303 e. The van der Waals surface area contributed by atoms with Crippen LogP contribution in [0, 0.1) is 0 Å². The Bertz CT molecular complexity index is 5730. The summed E-state index contributed by atoms with van der Waals surface area (Å²) < 4.78 is 95.0. The Labute approximate surface area is 828 Å². The molecule has 5 N–H and O–H groups in total. The van der Waals surface area contributed by atoms with E-state index in [0.29, 0.717) is 172 Å². The van der Waals surface area contributed by atoms with Gasteiger partial charge in [0.1, 0.15) is 34.5 Å². The third-order valence-corrected chi connectivity index (χ3v) is 25.3. The van der Waals surface area contributed by atoms with Crippen molar-refractivity contribution in [1.29, 1.82) is 0 Å². The Morgan fingerprint density at radius 1 is 0.329 bits per heavy atom. The summed E-state index contributed by atoms with van der Waals surface area (Å²) in [5, 5.41) is 41.9. The molecule has 4 heterocycles. The largest absolute Gasteiger partial charge is 0.493 e. The molecule has 0 unspecified atom stereocenters. The highest BCUT2D eigenvalue weighted by Crippen LogP contribution is 2.37. The molecule has 0 spiro atoms. The minimum atomic E-state index is -2.09. The van der Waals surface area contributed by atoms with Crippen LogP contribution in [0.4, 0.5) is 0 Å². The van der Waals surface area contributed by atoms with Gasteiger partial charge in [-0.15, -0.1) is 0 Å². The van der Waals surface area contributed by atoms with E-state index in [0.717, 1.165) is 153 Å². The first-order chi connectivity index (χ1) is 70.7. The molecular formula is C115H132N6O19. The lowest BCUT2D eigenvalue weighted by molar-refractivity contribution is -0.138. The summed E-state index contributed by atoms with van der Waals surface area (Å²) in [6.45, 7) is -1.95. The number of carboxylic acids is 4. The average molecular weight is 1910 g/mol. The number of benzene rings is 8. The number of aromatic amines is 1. The third kappa shape index (κ3) is 31.9. The normalized spacial score (nSPS) is 14.9. The van der Waals surface area contributed by atoms with Gasteiger partial charge in [-0.2, -0.15) is 5.10 Å². The third-order valence-electron chi connectivity index (χ3n) is 25.3. The molecule has 140 heavy (non-hydrogen) atoms. The van der Waals surface area contributed by atoms with Crippen LogP contribution in [0.1, 0.15) is 277 Å². The van der Waals surface area contributed by atoms with Gasteiger partial charge in [-0.05, 0) is 243 Å². The van der Waals surface area contributed by atoms with E-state index in [1.165, 1.54) is 9.80 Å². The molecule has 4 amide bonds. The number of amides is 4. The van der Waals surface area contributed by atoms with Gasteiger partial charge in [0.05, 0.1) is 65.9 Å². The van der Waals surface area contributed by atoms with Crippen LogP contribution in [-0.4, -0.2) is 148 Å². The first-order valence-electron chi connectivity index (χ1n) is 52.2. The number of carboxylic acid groups (broad SMARTS) is 4. The minimum Gasteiger partial charge on any atom is -0.493 e. The van der Waals surface area contributed by atoms with E-state index in [-0.39, 0.29) is 67.9 Å². The van der Waals surface area contributed by atoms with Crippen molar-refractivity contribution in [2.45, 2.75) is 256 Å². The zero-order valence-electron chi connectivity index (χ0n) is 85.5. The van der Waals surface area contributed by atoms with Crippen molar-refractivity contribution < 1.29 is 99.2 Å². The zero-order valence-corrected chi connectivity index (χ0v) is 79.5. The van der Waals surface area contributed by atoms with Gasteiger partial charge in [-0.25, -0.2) is 0 Å². The molecule has 0 saturated heterocycles. The van der Waals surface area contributed by atoms with Crippen LogP contribution in [0.3, 0.4) is 0 Å². The predicted octanol–water partition coefficient (Wildman–Crippen LogP) is 25.4. The predicted molar refractivity (Wildman–Crippen MR) is 537 cm³/mol. The molecule has 25 heteroatoms. The van der Waals surface area contributed by atoms with Gasteiger partial charge in [-0.3, -0.25) is 43.5 Å². The van der Waals surface area contributed by atoms with Crippen LogP contribution in [0.15, 0.2) is 275 Å². The summed E-state index contributed by atoms with van der Waals surface area (Å²) >= 11 is 0. The van der Waals surface area contributed by atoms with Crippen molar-refractivity contribution in [1.82, 2.24) is 29.8 Å². The number of aliphatic carboxylic acids is 4. The number of carbonyl (C=O) groups is 8. The summed E-state index contributed by atoms with van der Waals surface area (Å²) in [7, 11) is 0. The summed E-state index contributed by atoms with van der Waals surface area (Å²) in [5.41, 5.74) is 9.80. The number of hydrogen-bond donors (Lipinski definition) is 5. The van der Waals surface area contributed by atoms with Crippen molar-refractivity contribution >= 4 is 47.5 Å². The minimum absolute atomic E-state index is 0.125. The number of H-pyrrole nitrogens is 1. The van der Waals surface area contributed by atoms with E-state index >= 15 is 0 Å². The maximum atomic E-state index is 13.8. The molecule has 16 rings (SSSR count). The second-order valence-corrected chi connectivity index (χ2v) is 35.5. The van der Waals surface area contributed by atoms with Crippen LogP contribution in [0.5, 0.6) is 23.0 Å². The van der Waals surface area contributed by atoms with E-state index in [1.54, 1.807) is 132 Å². The molecule has 4 saturated carbocycles. The molecule has 736 valence electrons. The number of hydrogen-bond acceptors (Lipinski definition) is 16. The molecule has 4 aromatic heterocycles. The molecule has 25 nitrogen and oxygen atoms in total. The van der Waals surface area contributed by atoms with Crippen LogP contribution in [0.2, 0.25) is 0 Å². The number of nitrogens with one attached hydrogen (secondary N) is 1. The lowest BCUT2D eigenvalue weighted by atomic mass is 10.0. The van der Waals surface area contributed by atoms with Gasteiger partial charge >= 0.3 is 23.9 Å². The molecule has 0 atom stereocenters. The van der Waals surface area contributed by atoms with E-state index in [9.17, 15) is 43.8 Å². The molecule has 4 fully saturated rings. The van der Waals surface area contributed by atoms with E-state index < -0.39 is 48.9 Å². The average Bonchev–Trinajstić information content (AvgIpc) is 1.71. The number of furan rings is 3. The summed E-state index contributed by atoms with van der Waals surface area (Å²) in [4.78, 5) is 104. The highest BCUT2D eigenvalue weighted by molar-refractivity contribution is 5.97. The number of ether oxygens (including phenoxy) is 4. The Kier molecular flexibility index (Phi) is 37.5. The van der Waals surface area contributed by atoms with Gasteiger partial charge in [0, 0.05) is 149 Å². The number of rotatable bonds is 48. The van der Waals surface area contributed by atoms with Gasteiger partial charge in [0.25, 0.3) is 23.6 Å². The van der Waals surface area contributed by atoms with Crippen molar-refractivity contribution in [3.05, 3.63) is 306 Å². The van der Waals surface area contributed by atoms with Crippen molar-refractivity contribution in [3.63, 3.8) is 0 Å². The van der Waals surface area contributed by atoms with Crippen molar-refractivity contribution in [3.8, 4) is 67.9 Å². The van der Waals surface area contributed by atoms with Crippen LogP contribution in [-0.2, 0) is 45.3 Å². The number of carbonyl (C=O) groups excluding carboxylic acids is 4. The number of nitrogens with zero attached hydrogens (tertiary/aromatic N) is 5. The standard InChI is InChI=1S/3C29H33NO5.C28H33N3O4/c2*31-28(32)14-2-1-7-19-34-27-12-6-3-9-24(27)21-30(25-10-4-5-11-25)29(33)23-17-15-22(16-18-23)26-13-8-20-35-26;31-28(32)12-2-1-7-18-35-27-11-6-3-8-24(27)20-30(26-9-4-5-10-26)29(33)23-15-13-22(14-16-23)25-17-19-34-21-25;32-27(33)12-2-1-7-17-35-26-11-6-3-8-23(26)20-31(25-9-4-5-10-25)28(34)22-15-13-21(14-16-22)24-18-29-30-19-24/h2*3,6,8-9,12-13,15-18,20,25H,1-2,4-5,7,10-11,14,19,21H2,(H,31,32);3,6,8,11,13-17,19,21,26H,1-2,4-5,7,9-10,12,18,20H2,(H,31,32);3,6,8,11,13-16,18-19,25H,1-2,4-5,7,9-10,12,17,20H2,(H,29,30)(H,32,33)/i25D;21D2;20D2;25D. The second-order valence-electron chi connectivity index (χ2n) is 35.5. The number of para-hydroxylation sites is 4. The first kappa shape index (κ1) is 94.7. The molecule has 0 aliphatic heterocycles. The Morgan fingerprint density at radius 3 is 0.943 bits per heavy atom. The molecule has 4 aliphatic carbocycles. The van der Waals surface area contributed by atoms with E-state index in [4.69, 9.17) is 55.4 Å². The van der Waals surface area contributed by atoms with E-state index in [1.807, 2.05) is 140 Å². The molecule has 8 aromatic carbocycles. The van der Waals surface area contributed by atoms with Gasteiger partial charge in [0.15, 0.2) is 0 Å². The van der Waals surface area contributed by atoms with Gasteiger partial charge in [0.2, 0.25) is 0 Å². The Hall–Kier alpha value is -14.2.